The van der Waals surface area contributed by atoms with Crippen molar-refractivity contribution in [1.82, 2.24) is 9.78 Å². The number of benzene rings is 1. The molecular weight excluding hydrogens is 244 g/mol. The molecule has 2 rings (SSSR count). The van der Waals surface area contributed by atoms with Crippen LogP contribution < -0.4 is 0 Å². The van der Waals surface area contributed by atoms with Gasteiger partial charge in [-0.15, -0.1) is 0 Å². The Morgan fingerprint density at radius 2 is 2.00 bits per heavy atom. The molecule has 5 heteroatoms. The van der Waals surface area contributed by atoms with Crippen molar-refractivity contribution < 1.29 is 15.0 Å². The first-order valence-electron chi connectivity index (χ1n) is 6.02. The fourth-order valence-electron chi connectivity index (χ4n) is 1.94. The molecule has 0 fully saturated rings. The van der Waals surface area contributed by atoms with Crippen LogP contribution in [0.5, 0.6) is 5.75 Å². The molecule has 100 valence electrons. The van der Waals surface area contributed by atoms with Gasteiger partial charge in [-0.2, -0.15) is 5.10 Å². The van der Waals surface area contributed by atoms with Crippen molar-refractivity contribution in [2.75, 3.05) is 0 Å². The van der Waals surface area contributed by atoms with Crippen LogP contribution >= 0.6 is 0 Å². The lowest BCUT2D eigenvalue weighted by atomic mass is 9.99. The number of hydrogen-bond donors (Lipinski definition) is 2. The molecule has 0 radical (unpaired) electrons. The lowest BCUT2D eigenvalue weighted by Gasteiger charge is -2.06. The van der Waals surface area contributed by atoms with Crippen molar-refractivity contribution in [3.63, 3.8) is 0 Å². The van der Waals surface area contributed by atoms with Crippen molar-refractivity contribution in [1.29, 1.82) is 0 Å². The third-order valence-corrected chi connectivity index (χ3v) is 3.00. The van der Waals surface area contributed by atoms with Crippen LogP contribution in [0.3, 0.4) is 0 Å². The molecule has 0 amide bonds. The van der Waals surface area contributed by atoms with Gasteiger partial charge in [0.2, 0.25) is 0 Å². The van der Waals surface area contributed by atoms with Crippen LogP contribution in [0.4, 0.5) is 0 Å². The number of nitrogens with zero attached hydrogens (tertiary/aromatic N) is 2. The molecule has 1 aromatic heterocycles. The second-order valence-electron chi connectivity index (χ2n) is 4.65. The minimum atomic E-state index is -0.831. The molecule has 0 bridgehead atoms. The number of aromatic nitrogens is 2. The molecule has 19 heavy (non-hydrogen) atoms. The van der Waals surface area contributed by atoms with Crippen LogP contribution in [-0.4, -0.2) is 26.0 Å². The monoisotopic (exact) mass is 260 g/mol. The number of hydrogen-bond acceptors (Lipinski definition) is 3. The average molecular weight is 260 g/mol. The van der Waals surface area contributed by atoms with E-state index >= 15 is 0 Å². The molecule has 0 saturated heterocycles. The van der Waals surface area contributed by atoms with E-state index < -0.39 is 11.9 Å². The second kappa shape index (κ2) is 5.14. The highest BCUT2D eigenvalue weighted by atomic mass is 16.4. The van der Waals surface area contributed by atoms with Crippen molar-refractivity contribution in [3.8, 4) is 16.9 Å². The second-order valence-corrected chi connectivity index (χ2v) is 4.65. The molecule has 0 aliphatic carbocycles. The molecule has 2 N–H and O–H groups in total. The number of carbonyl (C=O) groups is 1. The summed E-state index contributed by atoms with van der Waals surface area (Å²) in [6.07, 6.45) is 2.24. The molecule has 0 saturated carbocycles. The zero-order valence-corrected chi connectivity index (χ0v) is 10.9. The summed E-state index contributed by atoms with van der Waals surface area (Å²) in [6.45, 7) is 1.66. The maximum atomic E-state index is 10.9. The number of aliphatic carboxylic acids is 1. The van der Waals surface area contributed by atoms with Gasteiger partial charge in [0.1, 0.15) is 5.75 Å². The van der Waals surface area contributed by atoms with Gasteiger partial charge in [-0.3, -0.25) is 9.48 Å². The van der Waals surface area contributed by atoms with E-state index in [0.29, 0.717) is 6.42 Å². The standard InChI is InChI=1S/C14H16N2O3/c1-9(14(18)19)7-13-12(8-16(2)15-13)10-3-5-11(17)6-4-10/h3-6,8-9,17H,7H2,1-2H3,(H,18,19). The Kier molecular flexibility index (Phi) is 3.55. The molecular formula is C14H16N2O3. The SMILES string of the molecule is CC(Cc1nn(C)cc1-c1ccc(O)cc1)C(=O)O. The van der Waals surface area contributed by atoms with E-state index in [1.54, 1.807) is 42.9 Å². The van der Waals surface area contributed by atoms with E-state index in [9.17, 15) is 9.90 Å². The van der Waals surface area contributed by atoms with Gasteiger partial charge >= 0.3 is 5.97 Å². The number of carboxylic acids is 1. The van der Waals surface area contributed by atoms with Crippen molar-refractivity contribution >= 4 is 5.97 Å². The van der Waals surface area contributed by atoms with Crippen molar-refractivity contribution in [3.05, 3.63) is 36.2 Å². The summed E-state index contributed by atoms with van der Waals surface area (Å²) < 4.78 is 1.67. The van der Waals surface area contributed by atoms with E-state index in [-0.39, 0.29) is 5.75 Å². The van der Waals surface area contributed by atoms with Gasteiger partial charge in [0.25, 0.3) is 0 Å². The quantitative estimate of drug-likeness (QED) is 0.882. The Bertz CT molecular complexity index is 587. The summed E-state index contributed by atoms with van der Waals surface area (Å²) in [7, 11) is 1.80. The predicted molar refractivity (Wildman–Crippen MR) is 70.8 cm³/mol. The maximum Gasteiger partial charge on any atom is 0.306 e. The molecule has 1 atom stereocenters. The van der Waals surface area contributed by atoms with Crippen LogP contribution in [0.25, 0.3) is 11.1 Å². The number of carboxylic acid groups (broad SMARTS) is 1. The molecule has 0 aliphatic rings. The normalized spacial score (nSPS) is 12.3. The molecule has 0 spiro atoms. The highest BCUT2D eigenvalue weighted by molar-refractivity contribution is 5.71. The highest BCUT2D eigenvalue weighted by Crippen LogP contribution is 2.26. The first kappa shape index (κ1) is 13.1. The first-order valence-corrected chi connectivity index (χ1v) is 6.02. The van der Waals surface area contributed by atoms with Crippen LogP contribution in [-0.2, 0) is 18.3 Å². The highest BCUT2D eigenvalue weighted by Gasteiger charge is 2.17. The summed E-state index contributed by atoms with van der Waals surface area (Å²) in [5.41, 5.74) is 2.57. The molecule has 1 aromatic carbocycles. The van der Waals surface area contributed by atoms with Gasteiger partial charge in [-0.25, -0.2) is 0 Å². The largest absolute Gasteiger partial charge is 0.508 e. The minimum Gasteiger partial charge on any atom is -0.508 e. The summed E-state index contributed by atoms with van der Waals surface area (Å²) in [6, 6.07) is 6.79. The molecule has 5 nitrogen and oxygen atoms in total. The van der Waals surface area contributed by atoms with Gasteiger partial charge in [0.05, 0.1) is 11.6 Å². The van der Waals surface area contributed by atoms with Crippen LogP contribution in [0.15, 0.2) is 30.5 Å². The Morgan fingerprint density at radius 1 is 1.37 bits per heavy atom. The Labute approximate surface area is 111 Å². The van der Waals surface area contributed by atoms with Gasteiger partial charge in [-0.05, 0) is 17.7 Å². The Balaban J connectivity index is 2.35. The van der Waals surface area contributed by atoms with Gasteiger partial charge in [0, 0.05) is 25.2 Å². The zero-order valence-electron chi connectivity index (χ0n) is 10.9. The number of aryl methyl sites for hydroxylation is 1. The minimum absolute atomic E-state index is 0.202. The Hall–Kier alpha value is -2.30. The number of aromatic hydroxyl groups is 1. The van der Waals surface area contributed by atoms with E-state index in [4.69, 9.17) is 5.11 Å². The zero-order chi connectivity index (χ0) is 14.0. The summed E-state index contributed by atoms with van der Waals surface area (Å²) in [5, 5.41) is 22.6. The lowest BCUT2D eigenvalue weighted by Crippen LogP contribution is -2.13. The summed E-state index contributed by atoms with van der Waals surface area (Å²) in [5.74, 6) is -1.11. The average Bonchev–Trinajstić information content (AvgIpc) is 2.71. The fourth-order valence-corrected chi connectivity index (χ4v) is 1.94. The number of phenolic OH excluding ortho intramolecular Hbond substituents is 1. The molecule has 1 heterocycles. The number of phenols is 1. The third-order valence-electron chi connectivity index (χ3n) is 3.00. The topological polar surface area (TPSA) is 75.3 Å². The van der Waals surface area contributed by atoms with Gasteiger partial charge in [0.15, 0.2) is 0 Å². The van der Waals surface area contributed by atoms with Crippen molar-refractivity contribution in [2.45, 2.75) is 13.3 Å². The summed E-state index contributed by atoms with van der Waals surface area (Å²) in [4.78, 5) is 10.9. The molecule has 2 aromatic rings. The smallest absolute Gasteiger partial charge is 0.306 e. The van der Waals surface area contributed by atoms with Crippen LogP contribution in [0.1, 0.15) is 12.6 Å². The van der Waals surface area contributed by atoms with E-state index in [0.717, 1.165) is 16.8 Å². The van der Waals surface area contributed by atoms with E-state index in [1.807, 2.05) is 6.20 Å². The molecule has 0 aliphatic heterocycles. The fraction of sp³-hybridized carbons (Fsp3) is 0.286. The van der Waals surface area contributed by atoms with Crippen LogP contribution in [0, 0.1) is 5.92 Å². The predicted octanol–water partition coefficient (Wildman–Crippen LogP) is 2.06. The van der Waals surface area contributed by atoms with Gasteiger partial charge in [-0.1, -0.05) is 19.1 Å². The lowest BCUT2D eigenvalue weighted by molar-refractivity contribution is -0.141. The van der Waals surface area contributed by atoms with E-state index in [2.05, 4.69) is 5.10 Å². The first-order chi connectivity index (χ1) is 8.97. The van der Waals surface area contributed by atoms with Gasteiger partial charge < -0.3 is 10.2 Å². The molecule has 1 unspecified atom stereocenters. The van der Waals surface area contributed by atoms with Crippen LogP contribution in [0.2, 0.25) is 0 Å². The summed E-state index contributed by atoms with van der Waals surface area (Å²) >= 11 is 0. The van der Waals surface area contributed by atoms with Crippen molar-refractivity contribution in [2.24, 2.45) is 13.0 Å². The Morgan fingerprint density at radius 3 is 2.58 bits per heavy atom. The van der Waals surface area contributed by atoms with E-state index in [1.165, 1.54) is 0 Å². The third kappa shape index (κ3) is 2.93. The number of rotatable bonds is 4. The maximum absolute atomic E-state index is 10.9.